The minimum Gasteiger partial charge on any atom is -0.461 e. The largest absolute Gasteiger partial charge is 0.484 e. The first kappa shape index (κ1) is 30.2. The second-order valence-electron chi connectivity index (χ2n) is 7.56. The number of hydrogen-bond donors (Lipinski definition) is 0. The van der Waals surface area contributed by atoms with E-state index < -0.39 is 18.7 Å². The summed E-state index contributed by atoms with van der Waals surface area (Å²) in [6.45, 7) is 8.63. The number of nitrogens with zero attached hydrogens (tertiary/aromatic N) is 2. The number of halogens is 7. The molecular weight excluding hydrogens is 400 g/mol. The van der Waals surface area contributed by atoms with Crippen molar-refractivity contribution in [3.63, 3.8) is 0 Å². The fourth-order valence-corrected chi connectivity index (χ4v) is 2.93. The van der Waals surface area contributed by atoms with Crippen LogP contribution < -0.4 is 0 Å². The van der Waals surface area contributed by atoms with Gasteiger partial charge in [0.15, 0.2) is 0 Å². The van der Waals surface area contributed by atoms with E-state index in [-0.39, 0.29) is 5.97 Å². The van der Waals surface area contributed by atoms with Gasteiger partial charge in [-0.05, 0) is 25.7 Å². The maximum absolute atomic E-state index is 11.7. The summed E-state index contributed by atoms with van der Waals surface area (Å²) in [4.78, 5) is 0. The lowest BCUT2D eigenvalue weighted by molar-refractivity contribution is -0.929. The molecule has 2 nitrogen and oxygen atoms in total. The van der Waals surface area contributed by atoms with Crippen LogP contribution in [0.25, 0.3) is 0 Å². The highest BCUT2D eigenvalue weighted by Gasteiger charge is 2.68. The number of hydrogen-bond acceptors (Lipinski definition) is 1. The molecule has 0 saturated heterocycles. The molecule has 29 heavy (non-hydrogen) atoms. The molecule has 0 aliphatic heterocycles. The second kappa shape index (κ2) is 14.1. The summed E-state index contributed by atoms with van der Waals surface area (Å²) >= 11 is 0. The lowest BCUT2D eigenvalue weighted by Crippen LogP contribution is -2.55. The SMILES string of the molecule is CCCC[N+](CCCC)(CCCC)CCCC.N#C[B-](F)(F)C(F)(F)C(F)(F)F. The molecule has 0 saturated carbocycles. The molecule has 174 valence electrons. The van der Waals surface area contributed by atoms with E-state index in [2.05, 4.69) is 27.7 Å². The summed E-state index contributed by atoms with van der Waals surface area (Å²) < 4.78 is 81.5. The van der Waals surface area contributed by atoms with Gasteiger partial charge in [0.05, 0.1) is 26.2 Å². The van der Waals surface area contributed by atoms with Gasteiger partial charge in [-0.15, -0.1) is 0 Å². The molecule has 0 fully saturated rings. The molecule has 0 unspecified atom stereocenters. The van der Waals surface area contributed by atoms with Gasteiger partial charge in [-0.1, -0.05) is 59.3 Å². The van der Waals surface area contributed by atoms with Gasteiger partial charge >= 0.3 is 12.9 Å². The third-order valence-electron chi connectivity index (χ3n) is 4.94. The fourth-order valence-electron chi connectivity index (χ4n) is 2.93. The van der Waals surface area contributed by atoms with Crippen LogP contribution in [0.5, 0.6) is 0 Å². The Hall–Kier alpha value is -0.975. The quantitative estimate of drug-likeness (QED) is 0.171. The van der Waals surface area contributed by atoms with E-state index in [0.29, 0.717) is 0 Å². The highest BCUT2D eigenvalue weighted by Crippen LogP contribution is 2.43. The van der Waals surface area contributed by atoms with E-state index in [1.165, 1.54) is 82.0 Å². The van der Waals surface area contributed by atoms with Crippen LogP contribution in [-0.2, 0) is 0 Å². The van der Waals surface area contributed by atoms with E-state index in [1.807, 2.05) is 0 Å². The van der Waals surface area contributed by atoms with Crippen molar-refractivity contribution in [1.29, 1.82) is 5.26 Å². The average molecular weight is 436 g/mol. The first-order valence-corrected chi connectivity index (χ1v) is 10.5. The molecule has 0 atom stereocenters. The van der Waals surface area contributed by atoms with Crippen LogP contribution in [0.2, 0.25) is 0 Å². The molecule has 0 amide bonds. The van der Waals surface area contributed by atoms with Crippen LogP contribution in [0.3, 0.4) is 0 Å². The number of quaternary nitrogens is 1. The summed E-state index contributed by atoms with van der Waals surface area (Å²) in [7, 11) is 0. The molecule has 0 aliphatic carbocycles. The summed E-state index contributed by atoms with van der Waals surface area (Å²) in [5, 5.41) is 7.34. The molecule has 10 heteroatoms. The van der Waals surface area contributed by atoms with Gasteiger partial charge in [0.1, 0.15) is 0 Å². The molecule has 0 bridgehead atoms. The minimum absolute atomic E-state index is 0.353. The monoisotopic (exact) mass is 436 g/mol. The molecule has 0 aromatic carbocycles. The standard InChI is InChI=1S/C16H36N.C3BF7N/c1-5-9-13-17(14-10-6-2,15-11-7-3)16-12-8-4;5-2(6,3(7,8)9)4(10,11)1-12/h5-16H2,1-4H3;/q+1;-1. The first-order chi connectivity index (χ1) is 13.3. The maximum Gasteiger partial charge on any atom is 0.484 e. The van der Waals surface area contributed by atoms with Crippen LogP contribution in [0.15, 0.2) is 0 Å². The van der Waals surface area contributed by atoms with Crippen LogP contribution in [0, 0.1) is 11.2 Å². The third-order valence-corrected chi connectivity index (χ3v) is 4.94. The molecular formula is C19H36BF7N2. The average Bonchev–Trinajstić information content (AvgIpc) is 2.66. The summed E-state index contributed by atoms with van der Waals surface area (Å²) in [5.41, 5.74) is 0. The zero-order valence-electron chi connectivity index (χ0n) is 18.1. The highest BCUT2D eigenvalue weighted by molar-refractivity contribution is 6.76. The smallest absolute Gasteiger partial charge is 0.461 e. The van der Waals surface area contributed by atoms with Crippen molar-refractivity contribution in [3.05, 3.63) is 0 Å². The van der Waals surface area contributed by atoms with E-state index >= 15 is 0 Å². The predicted octanol–water partition coefficient (Wildman–Crippen LogP) is 7.17. The molecule has 0 rings (SSSR count). The molecule has 0 N–H and O–H groups in total. The Morgan fingerprint density at radius 3 is 1.10 bits per heavy atom. The molecule has 0 heterocycles. The van der Waals surface area contributed by atoms with E-state index in [1.54, 1.807) is 0 Å². The van der Waals surface area contributed by atoms with Gasteiger partial charge in [-0.25, -0.2) is 14.0 Å². The normalized spacial score (nSPS) is 12.9. The molecule has 0 radical (unpaired) electrons. The molecule has 0 aromatic rings. The molecule has 0 aromatic heterocycles. The van der Waals surface area contributed by atoms with Gasteiger partial charge in [-0.2, -0.15) is 13.2 Å². The molecule has 0 spiro atoms. The Morgan fingerprint density at radius 1 is 0.690 bits per heavy atom. The van der Waals surface area contributed by atoms with E-state index in [0.717, 1.165) is 0 Å². The zero-order valence-corrected chi connectivity index (χ0v) is 18.1. The number of nitriles is 1. The van der Waals surface area contributed by atoms with Crippen molar-refractivity contribution in [1.82, 2.24) is 0 Å². The Bertz CT molecular complexity index is 425. The van der Waals surface area contributed by atoms with Gasteiger partial charge < -0.3 is 13.1 Å². The fraction of sp³-hybridized carbons (Fsp3) is 0.947. The maximum atomic E-state index is 11.7. The summed E-state index contributed by atoms with van der Waals surface area (Å²) in [5.74, 6) is -6.60. The van der Waals surface area contributed by atoms with Crippen LogP contribution in [0.4, 0.5) is 30.6 Å². The Labute approximate surface area is 171 Å². The highest BCUT2D eigenvalue weighted by atomic mass is 19.4. The lowest BCUT2D eigenvalue weighted by atomic mass is 9.59. The predicted molar refractivity (Wildman–Crippen MR) is 104 cm³/mol. The van der Waals surface area contributed by atoms with Crippen LogP contribution >= 0.6 is 0 Å². The van der Waals surface area contributed by atoms with Gasteiger partial charge in [0.2, 0.25) is 0 Å². The van der Waals surface area contributed by atoms with E-state index in [4.69, 9.17) is 5.26 Å². The van der Waals surface area contributed by atoms with Crippen molar-refractivity contribution in [3.8, 4) is 5.97 Å². The van der Waals surface area contributed by atoms with Crippen molar-refractivity contribution in [2.24, 2.45) is 0 Å². The van der Waals surface area contributed by atoms with Crippen molar-refractivity contribution in [2.75, 3.05) is 26.2 Å². The topological polar surface area (TPSA) is 23.8 Å². The van der Waals surface area contributed by atoms with E-state index in [9.17, 15) is 30.6 Å². The Balaban J connectivity index is 0. The second-order valence-corrected chi connectivity index (χ2v) is 7.56. The molecule has 0 aliphatic rings. The number of rotatable bonds is 13. The Kier molecular flexibility index (Phi) is 14.7. The number of alkyl halides is 5. The van der Waals surface area contributed by atoms with Crippen LogP contribution in [-0.4, -0.2) is 49.4 Å². The third kappa shape index (κ3) is 10.6. The van der Waals surface area contributed by atoms with Crippen molar-refractivity contribution >= 4 is 6.70 Å². The van der Waals surface area contributed by atoms with Gasteiger partial charge in [-0.3, -0.25) is 0 Å². The van der Waals surface area contributed by atoms with Gasteiger partial charge in [0.25, 0.3) is 5.82 Å². The summed E-state index contributed by atoms with van der Waals surface area (Å²) in [6.07, 6.45) is 4.66. The Morgan fingerprint density at radius 2 is 0.966 bits per heavy atom. The van der Waals surface area contributed by atoms with Gasteiger partial charge in [0, 0.05) is 0 Å². The van der Waals surface area contributed by atoms with Crippen molar-refractivity contribution < 1.29 is 35.1 Å². The lowest BCUT2D eigenvalue weighted by Gasteiger charge is -2.39. The zero-order chi connectivity index (χ0) is 23.2. The van der Waals surface area contributed by atoms with Crippen molar-refractivity contribution in [2.45, 2.75) is 91.1 Å². The number of unbranched alkanes of at least 4 members (excludes halogenated alkanes) is 4. The minimum atomic E-state index is -6.40. The summed E-state index contributed by atoms with van der Waals surface area (Å²) in [6, 6.07) is 0. The first-order valence-electron chi connectivity index (χ1n) is 10.5. The van der Waals surface area contributed by atoms with Crippen LogP contribution in [0.1, 0.15) is 79.1 Å².